The molecule has 0 bridgehead atoms. The molecule has 1 nitrogen and oxygen atoms in total. The Balaban J connectivity index is 2.30. The topological polar surface area (TPSA) is 12.0 Å². The highest BCUT2D eigenvalue weighted by molar-refractivity contribution is 5.36. The van der Waals surface area contributed by atoms with Gasteiger partial charge >= 0.3 is 0 Å². The van der Waals surface area contributed by atoms with Gasteiger partial charge in [0.15, 0.2) is 0 Å². The summed E-state index contributed by atoms with van der Waals surface area (Å²) >= 11 is 0. The Morgan fingerprint density at radius 1 is 1.43 bits per heavy atom. The summed E-state index contributed by atoms with van der Waals surface area (Å²) in [5, 5.41) is 3.29. The van der Waals surface area contributed by atoms with E-state index in [1.165, 1.54) is 24.8 Å². The molecule has 1 aromatic rings. The van der Waals surface area contributed by atoms with Gasteiger partial charge in [-0.05, 0) is 50.3 Å². The fourth-order valence-electron chi connectivity index (χ4n) is 2.50. The van der Waals surface area contributed by atoms with E-state index < -0.39 is 0 Å². The molecule has 0 saturated carbocycles. The molecule has 0 heterocycles. The first kappa shape index (κ1) is 9.72. The molecule has 1 N–H and O–H groups in total. The van der Waals surface area contributed by atoms with Crippen LogP contribution in [0.3, 0.4) is 0 Å². The summed E-state index contributed by atoms with van der Waals surface area (Å²) in [6, 6.07) is 6.93. The lowest BCUT2D eigenvalue weighted by Crippen LogP contribution is -2.21. The maximum Gasteiger partial charge on any atom is 0.00172 e. The average molecular weight is 189 g/mol. The van der Waals surface area contributed by atoms with Gasteiger partial charge in [0.05, 0.1) is 0 Å². The van der Waals surface area contributed by atoms with Crippen molar-refractivity contribution in [1.82, 2.24) is 5.32 Å². The predicted molar refractivity (Wildman–Crippen MR) is 60.8 cm³/mol. The van der Waals surface area contributed by atoms with Gasteiger partial charge in [-0.1, -0.05) is 23.8 Å². The van der Waals surface area contributed by atoms with E-state index >= 15 is 0 Å². The lowest BCUT2D eigenvalue weighted by molar-refractivity contribution is 0.528. The number of rotatable bonds is 2. The van der Waals surface area contributed by atoms with E-state index in [1.54, 1.807) is 11.1 Å². The third-order valence-corrected chi connectivity index (χ3v) is 3.19. The number of aryl methyl sites for hydroxylation is 2. The van der Waals surface area contributed by atoms with Crippen molar-refractivity contribution >= 4 is 0 Å². The van der Waals surface area contributed by atoms with Crippen molar-refractivity contribution in [2.24, 2.45) is 0 Å². The molecule has 1 aliphatic rings. The quantitative estimate of drug-likeness (QED) is 0.754. The van der Waals surface area contributed by atoms with E-state index in [0.29, 0.717) is 0 Å². The number of hydrogen-bond donors (Lipinski definition) is 1. The fraction of sp³-hybridized carbons (Fsp3) is 0.538. The smallest absolute Gasteiger partial charge is 0.00172 e. The summed E-state index contributed by atoms with van der Waals surface area (Å²) in [4.78, 5) is 0. The van der Waals surface area contributed by atoms with Crippen molar-refractivity contribution in [2.75, 3.05) is 13.6 Å². The number of hydrogen-bond acceptors (Lipinski definition) is 1. The first-order valence-corrected chi connectivity index (χ1v) is 5.55. The zero-order valence-corrected chi connectivity index (χ0v) is 9.14. The molecule has 1 unspecified atom stereocenters. The molecule has 1 aromatic carbocycles. The van der Waals surface area contributed by atoms with Crippen LogP contribution in [-0.4, -0.2) is 13.6 Å². The Morgan fingerprint density at radius 3 is 3.07 bits per heavy atom. The maximum atomic E-state index is 3.29. The monoisotopic (exact) mass is 189 g/mol. The van der Waals surface area contributed by atoms with E-state index in [1.807, 2.05) is 7.05 Å². The van der Waals surface area contributed by atoms with Crippen molar-refractivity contribution in [3.63, 3.8) is 0 Å². The van der Waals surface area contributed by atoms with E-state index in [0.717, 1.165) is 12.5 Å². The van der Waals surface area contributed by atoms with Crippen LogP contribution in [0.1, 0.15) is 35.4 Å². The standard InChI is InChI=1S/C13H19N/c1-10-6-7-13-11(8-10)4-3-5-12(13)9-14-2/h6-8,12,14H,3-5,9H2,1-2H3. The van der Waals surface area contributed by atoms with Crippen LogP contribution < -0.4 is 5.32 Å². The molecular formula is C13H19N. The largest absolute Gasteiger partial charge is 0.319 e. The Bertz CT molecular complexity index is 317. The second-order valence-electron chi connectivity index (χ2n) is 4.35. The van der Waals surface area contributed by atoms with Crippen LogP contribution in [0.5, 0.6) is 0 Å². The van der Waals surface area contributed by atoms with Gasteiger partial charge in [-0.25, -0.2) is 0 Å². The number of benzene rings is 1. The highest BCUT2D eigenvalue weighted by Crippen LogP contribution is 2.31. The van der Waals surface area contributed by atoms with Crippen LogP contribution in [-0.2, 0) is 6.42 Å². The molecule has 0 spiro atoms. The summed E-state index contributed by atoms with van der Waals surface area (Å²) in [5.74, 6) is 0.740. The minimum atomic E-state index is 0.740. The number of nitrogens with one attached hydrogen (secondary N) is 1. The second kappa shape index (κ2) is 4.14. The average Bonchev–Trinajstić information content (AvgIpc) is 2.18. The van der Waals surface area contributed by atoms with Gasteiger partial charge < -0.3 is 5.32 Å². The summed E-state index contributed by atoms with van der Waals surface area (Å²) in [5.41, 5.74) is 4.56. The third-order valence-electron chi connectivity index (χ3n) is 3.19. The molecule has 1 heteroatoms. The van der Waals surface area contributed by atoms with Crippen LogP contribution in [0.2, 0.25) is 0 Å². The SMILES string of the molecule is CNCC1CCCc2cc(C)ccc21. The molecule has 1 atom stereocenters. The first-order chi connectivity index (χ1) is 6.81. The zero-order chi connectivity index (χ0) is 9.97. The molecule has 14 heavy (non-hydrogen) atoms. The third kappa shape index (κ3) is 1.83. The van der Waals surface area contributed by atoms with Crippen LogP contribution in [0.15, 0.2) is 18.2 Å². The molecule has 1 aliphatic carbocycles. The van der Waals surface area contributed by atoms with E-state index in [9.17, 15) is 0 Å². The molecule has 0 saturated heterocycles. The van der Waals surface area contributed by atoms with Crippen LogP contribution in [0.25, 0.3) is 0 Å². The normalized spacial score (nSPS) is 20.6. The van der Waals surface area contributed by atoms with Gasteiger partial charge in [-0.2, -0.15) is 0 Å². The van der Waals surface area contributed by atoms with E-state index in [-0.39, 0.29) is 0 Å². The molecule has 76 valence electrons. The molecule has 2 rings (SSSR count). The van der Waals surface area contributed by atoms with E-state index in [4.69, 9.17) is 0 Å². The first-order valence-electron chi connectivity index (χ1n) is 5.55. The summed E-state index contributed by atoms with van der Waals surface area (Å²) < 4.78 is 0. The predicted octanol–water partition coefficient (Wildman–Crippen LogP) is 2.63. The second-order valence-corrected chi connectivity index (χ2v) is 4.35. The zero-order valence-electron chi connectivity index (χ0n) is 9.14. The lowest BCUT2D eigenvalue weighted by Gasteiger charge is -2.25. The van der Waals surface area contributed by atoms with Crippen molar-refractivity contribution in [1.29, 1.82) is 0 Å². The summed E-state index contributed by atoms with van der Waals surface area (Å²) in [6.07, 6.45) is 3.97. The highest BCUT2D eigenvalue weighted by atomic mass is 14.8. The van der Waals surface area contributed by atoms with E-state index in [2.05, 4.69) is 30.4 Å². The van der Waals surface area contributed by atoms with Crippen LogP contribution in [0, 0.1) is 6.92 Å². The molecule has 0 aromatic heterocycles. The Morgan fingerprint density at radius 2 is 2.29 bits per heavy atom. The van der Waals surface area contributed by atoms with Gasteiger partial charge in [-0.15, -0.1) is 0 Å². The van der Waals surface area contributed by atoms with Crippen molar-refractivity contribution in [3.8, 4) is 0 Å². The van der Waals surface area contributed by atoms with Crippen LogP contribution in [0.4, 0.5) is 0 Å². The molecular weight excluding hydrogens is 170 g/mol. The minimum absolute atomic E-state index is 0.740. The Hall–Kier alpha value is -0.820. The Kier molecular flexibility index (Phi) is 2.87. The maximum absolute atomic E-state index is 3.29. The number of fused-ring (bicyclic) bond motifs is 1. The van der Waals surface area contributed by atoms with Gasteiger partial charge in [0.25, 0.3) is 0 Å². The van der Waals surface area contributed by atoms with Crippen molar-refractivity contribution < 1.29 is 0 Å². The summed E-state index contributed by atoms with van der Waals surface area (Å²) in [7, 11) is 2.04. The van der Waals surface area contributed by atoms with Crippen molar-refractivity contribution in [3.05, 3.63) is 34.9 Å². The molecule has 0 fully saturated rings. The summed E-state index contributed by atoms with van der Waals surface area (Å²) in [6.45, 7) is 3.30. The van der Waals surface area contributed by atoms with Crippen LogP contribution >= 0.6 is 0 Å². The number of likely N-dealkylation sites (N-methyl/N-ethyl adjacent to an activating group) is 1. The minimum Gasteiger partial charge on any atom is -0.319 e. The van der Waals surface area contributed by atoms with Crippen molar-refractivity contribution in [2.45, 2.75) is 32.1 Å². The molecule has 0 amide bonds. The van der Waals surface area contributed by atoms with Gasteiger partial charge in [-0.3, -0.25) is 0 Å². The lowest BCUT2D eigenvalue weighted by atomic mass is 9.82. The fourth-order valence-corrected chi connectivity index (χ4v) is 2.50. The molecule has 0 aliphatic heterocycles. The molecule has 0 radical (unpaired) electrons. The van der Waals surface area contributed by atoms with Gasteiger partial charge in [0.1, 0.15) is 0 Å². The highest BCUT2D eigenvalue weighted by Gasteiger charge is 2.18. The van der Waals surface area contributed by atoms with Gasteiger partial charge in [0, 0.05) is 6.54 Å². The van der Waals surface area contributed by atoms with Gasteiger partial charge in [0.2, 0.25) is 0 Å². The Labute approximate surface area is 86.5 Å².